The zero-order valence-corrected chi connectivity index (χ0v) is 7.03. The van der Waals surface area contributed by atoms with Crippen LogP contribution in [0.3, 0.4) is 0 Å². The minimum atomic E-state index is -0.222. The number of hydrogen-bond donors (Lipinski definition) is 1. The molecule has 0 aromatic heterocycles. The molecule has 1 N–H and O–H groups in total. The lowest BCUT2D eigenvalue weighted by Gasteiger charge is -2.01. The molecule has 2 nitrogen and oxygen atoms in total. The Morgan fingerprint density at radius 2 is 2.08 bits per heavy atom. The van der Waals surface area contributed by atoms with Crippen LogP contribution in [-0.4, -0.2) is 5.91 Å². The standard InChI is InChI=1S/C10H10FNO/c11-8-4-7-10(13)12-9-5-2-1-3-6-9/h1-6,8H,7H2,(H,12,13)/b8-4+. The average molecular weight is 179 g/mol. The summed E-state index contributed by atoms with van der Waals surface area (Å²) >= 11 is 0. The lowest BCUT2D eigenvalue weighted by molar-refractivity contribution is -0.115. The van der Waals surface area contributed by atoms with E-state index >= 15 is 0 Å². The van der Waals surface area contributed by atoms with Crippen LogP contribution in [0.15, 0.2) is 42.7 Å². The van der Waals surface area contributed by atoms with Gasteiger partial charge < -0.3 is 5.32 Å². The number of carbonyl (C=O) groups is 1. The summed E-state index contributed by atoms with van der Waals surface area (Å²) in [6.45, 7) is 0. The van der Waals surface area contributed by atoms with Crippen LogP contribution in [0.25, 0.3) is 0 Å². The van der Waals surface area contributed by atoms with E-state index in [1.807, 2.05) is 18.2 Å². The highest BCUT2D eigenvalue weighted by Gasteiger charge is 1.97. The molecule has 0 saturated carbocycles. The zero-order chi connectivity index (χ0) is 9.52. The lowest BCUT2D eigenvalue weighted by atomic mass is 10.3. The van der Waals surface area contributed by atoms with Crippen LogP contribution in [0.5, 0.6) is 0 Å². The van der Waals surface area contributed by atoms with E-state index in [1.54, 1.807) is 12.1 Å². The lowest BCUT2D eigenvalue weighted by Crippen LogP contribution is -2.09. The van der Waals surface area contributed by atoms with Crippen LogP contribution < -0.4 is 5.32 Å². The van der Waals surface area contributed by atoms with Gasteiger partial charge in [0.15, 0.2) is 0 Å². The van der Waals surface area contributed by atoms with Crippen molar-refractivity contribution in [1.29, 1.82) is 0 Å². The van der Waals surface area contributed by atoms with Crippen molar-refractivity contribution in [2.45, 2.75) is 6.42 Å². The maximum absolute atomic E-state index is 11.5. The third-order valence-electron chi connectivity index (χ3n) is 1.45. The summed E-state index contributed by atoms with van der Waals surface area (Å²) in [6.07, 6.45) is 1.59. The molecule has 0 unspecified atom stereocenters. The van der Waals surface area contributed by atoms with Crippen LogP contribution in [0, 0.1) is 0 Å². The molecule has 1 rings (SSSR count). The first-order valence-electron chi connectivity index (χ1n) is 3.93. The fraction of sp³-hybridized carbons (Fsp3) is 0.100. The van der Waals surface area contributed by atoms with Gasteiger partial charge in [-0.3, -0.25) is 4.79 Å². The van der Waals surface area contributed by atoms with Crippen LogP contribution in [0.4, 0.5) is 10.1 Å². The Hall–Kier alpha value is -1.64. The van der Waals surface area contributed by atoms with Gasteiger partial charge in [0.2, 0.25) is 5.91 Å². The summed E-state index contributed by atoms with van der Waals surface area (Å²) in [6, 6.07) is 9.05. The van der Waals surface area contributed by atoms with Gasteiger partial charge in [0, 0.05) is 12.1 Å². The largest absolute Gasteiger partial charge is 0.326 e. The first-order valence-corrected chi connectivity index (χ1v) is 3.93. The van der Waals surface area contributed by atoms with Gasteiger partial charge in [-0.15, -0.1) is 0 Å². The highest BCUT2D eigenvalue weighted by atomic mass is 19.1. The van der Waals surface area contributed by atoms with E-state index in [-0.39, 0.29) is 12.3 Å². The fourth-order valence-electron chi connectivity index (χ4n) is 0.885. The number of rotatable bonds is 3. The van der Waals surface area contributed by atoms with Crippen molar-refractivity contribution >= 4 is 11.6 Å². The van der Waals surface area contributed by atoms with Gasteiger partial charge >= 0.3 is 0 Å². The number of anilines is 1. The molecule has 3 heteroatoms. The highest BCUT2D eigenvalue weighted by molar-refractivity contribution is 5.91. The molecule has 13 heavy (non-hydrogen) atoms. The van der Waals surface area contributed by atoms with Gasteiger partial charge in [0.1, 0.15) is 0 Å². The van der Waals surface area contributed by atoms with Crippen molar-refractivity contribution in [2.24, 2.45) is 0 Å². The average Bonchev–Trinajstić information content (AvgIpc) is 2.16. The molecule has 0 spiro atoms. The molecule has 0 fully saturated rings. The molecular formula is C10H10FNO. The van der Waals surface area contributed by atoms with Gasteiger partial charge in [-0.25, -0.2) is 4.39 Å². The van der Waals surface area contributed by atoms with Gasteiger partial charge in [-0.2, -0.15) is 0 Å². The Morgan fingerprint density at radius 1 is 1.38 bits per heavy atom. The Kier molecular flexibility index (Phi) is 3.70. The third-order valence-corrected chi connectivity index (χ3v) is 1.45. The first kappa shape index (κ1) is 9.45. The number of para-hydroxylation sites is 1. The van der Waals surface area contributed by atoms with E-state index < -0.39 is 0 Å². The Bertz CT molecular complexity index is 295. The van der Waals surface area contributed by atoms with Crippen molar-refractivity contribution < 1.29 is 9.18 Å². The second-order valence-electron chi connectivity index (χ2n) is 2.48. The summed E-state index contributed by atoms with van der Waals surface area (Å²) in [4.78, 5) is 11.0. The molecular weight excluding hydrogens is 169 g/mol. The van der Waals surface area contributed by atoms with Crippen molar-refractivity contribution in [3.8, 4) is 0 Å². The van der Waals surface area contributed by atoms with Gasteiger partial charge in [-0.05, 0) is 18.2 Å². The number of benzene rings is 1. The smallest absolute Gasteiger partial charge is 0.228 e. The molecule has 1 aromatic carbocycles. The molecule has 0 bridgehead atoms. The van der Waals surface area contributed by atoms with Gasteiger partial charge in [-0.1, -0.05) is 18.2 Å². The number of amides is 1. The Balaban J connectivity index is 2.46. The number of carbonyl (C=O) groups excluding carboxylic acids is 1. The summed E-state index contributed by atoms with van der Waals surface area (Å²) in [5.74, 6) is -0.222. The molecule has 0 radical (unpaired) electrons. The summed E-state index contributed by atoms with van der Waals surface area (Å²) < 4.78 is 11.5. The normalized spacial score (nSPS) is 10.2. The number of nitrogens with one attached hydrogen (secondary N) is 1. The van der Waals surface area contributed by atoms with Crippen LogP contribution in [0.1, 0.15) is 6.42 Å². The topological polar surface area (TPSA) is 29.1 Å². The van der Waals surface area contributed by atoms with Crippen molar-refractivity contribution in [2.75, 3.05) is 5.32 Å². The Morgan fingerprint density at radius 3 is 2.69 bits per heavy atom. The second kappa shape index (κ2) is 5.09. The van der Waals surface area contributed by atoms with Crippen molar-refractivity contribution in [3.05, 3.63) is 42.7 Å². The summed E-state index contributed by atoms with van der Waals surface area (Å²) in [7, 11) is 0. The van der Waals surface area contributed by atoms with E-state index in [2.05, 4.69) is 5.32 Å². The number of hydrogen-bond acceptors (Lipinski definition) is 1. The maximum atomic E-state index is 11.5. The molecule has 1 aromatic rings. The van der Waals surface area contributed by atoms with Crippen LogP contribution in [-0.2, 0) is 4.79 Å². The summed E-state index contributed by atoms with van der Waals surface area (Å²) in [5, 5.41) is 2.62. The van der Waals surface area contributed by atoms with E-state index in [9.17, 15) is 9.18 Å². The molecule has 0 atom stereocenters. The molecule has 0 aliphatic carbocycles. The molecule has 0 heterocycles. The minimum absolute atomic E-state index is 0.0609. The maximum Gasteiger partial charge on any atom is 0.228 e. The monoisotopic (exact) mass is 179 g/mol. The van der Waals surface area contributed by atoms with Crippen molar-refractivity contribution in [1.82, 2.24) is 0 Å². The molecule has 0 saturated heterocycles. The molecule has 1 amide bonds. The van der Waals surface area contributed by atoms with Gasteiger partial charge in [0.25, 0.3) is 0 Å². The van der Waals surface area contributed by atoms with E-state index in [0.717, 1.165) is 11.8 Å². The Labute approximate surface area is 76.1 Å². The highest BCUT2D eigenvalue weighted by Crippen LogP contribution is 2.05. The molecule has 0 aliphatic rings. The van der Waals surface area contributed by atoms with Crippen molar-refractivity contribution in [3.63, 3.8) is 0 Å². The predicted molar refractivity (Wildman–Crippen MR) is 49.9 cm³/mol. The first-order chi connectivity index (χ1) is 6.33. The number of halogens is 1. The summed E-state index contributed by atoms with van der Waals surface area (Å²) in [5.41, 5.74) is 0.722. The fourth-order valence-corrected chi connectivity index (χ4v) is 0.885. The SMILES string of the molecule is O=C(C/C=C/F)Nc1ccccc1. The predicted octanol–water partition coefficient (Wildman–Crippen LogP) is 2.50. The van der Waals surface area contributed by atoms with E-state index in [0.29, 0.717) is 6.33 Å². The minimum Gasteiger partial charge on any atom is -0.326 e. The third kappa shape index (κ3) is 3.51. The molecule has 68 valence electrons. The van der Waals surface area contributed by atoms with Crippen LogP contribution >= 0.6 is 0 Å². The van der Waals surface area contributed by atoms with Gasteiger partial charge in [0.05, 0.1) is 6.33 Å². The quantitative estimate of drug-likeness (QED) is 0.758. The second-order valence-corrected chi connectivity index (χ2v) is 2.48. The van der Waals surface area contributed by atoms with E-state index in [4.69, 9.17) is 0 Å². The molecule has 0 aliphatic heterocycles. The van der Waals surface area contributed by atoms with E-state index in [1.165, 1.54) is 0 Å². The zero-order valence-electron chi connectivity index (χ0n) is 7.03. The van der Waals surface area contributed by atoms with Crippen LogP contribution in [0.2, 0.25) is 0 Å².